The second-order valence-corrected chi connectivity index (χ2v) is 7.91. The highest BCUT2D eigenvalue weighted by Crippen LogP contribution is 2.22. The van der Waals surface area contributed by atoms with Gasteiger partial charge in [0.1, 0.15) is 5.82 Å². The third-order valence-electron chi connectivity index (χ3n) is 4.20. The molecule has 1 aromatic heterocycles. The van der Waals surface area contributed by atoms with Gasteiger partial charge in [-0.3, -0.25) is 4.79 Å². The van der Waals surface area contributed by atoms with E-state index in [1.165, 1.54) is 0 Å². The number of hydrogen-bond donors (Lipinski definition) is 3. The Kier molecular flexibility index (Phi) is 7.87. The molecule has 2 aromatic carbocycles. The van der Waals surface area contributed by atoms with Crippen LogP contribution in [0, 0.1) is 0 Å². The number of aromatic nitrogens is 3. The molecule has 156 valence electrons. The van der Waals surface area contributed by atoms with Crippen molar-refractivity contribution in [1.82, 2.24) is 15.0 Å². The van der Waals surface area contributed by atoms with E-state index in [1.807, 2.05) is 30.3 Å². The van der Waals surface area contributed by atoms with Crippen molar-refractivity contribution in [2.24, 2.45) is 0 Å². The molecule has 3 rings (SSSR count). The first-order valence-electron chi connectivity index (χ1n) is 9.52. The summed E-state index contributed by atoms with van der Waals surface area (Å²) in [7, 11) is 0. The predicted molar refractivity (Wildman–Crippen MR) is 124 cm³/mol. The van der Waals surface area contributed by atoms with E-state index in [0.717, 1.165) is 17.7 Å². The lowest BCUT2D eigenvalue weighted by Gasteiger charge is -2.10. The number of nitrogens with two attached hydrogens (primary N) is 1. The predicted octanol–water partition coefficient (Wildman–Crippen LogP) is 4.68. The van der Waals surface area contributed by atoms with E-state index in [2.05, 4.69) is 38.6 Å². The van der Waals surface area contributed by atoms with Crippen LogP contribution in [-0.4, -0.2) is 26.6 Å². The molecule has 7 nitrogen and oxygen atoms in total. The van der Waals surface area contributed by atoms with Gasteiger partial charge in [0.25, 0.3) is 0 Å². The van der Waals surface area contributed by atoms with Crippen molar-refractivity contribution >= 4 is 52.5 Å². The zero-order valence-corrected chi connectivity index (χ0v) is 18.1. The number of benzene rings is 2. The summed E-state index contributed by atoms with van der Waals surface area (Å²) in [6, 6.07) is 15.1. The number of anilines is 4. The molecule has 3 aromatic rings. The highest BCUT2D eigenvalue weighted by molar-refractivity contribution is 7.98. The molecule has 9 heteroatoms. The number of halogens is 1. The SMILES string of the molecule is CCc1ccccc1Nc1nc(N)nc(CSCCC(=O)Nc2ccccc2Cl)n1. The van der Waals surface area contributed by atoms with Gasteiger partial charge in [-0.05, 0) is 30.2 Å². The maximum absolute atomic E-state index is 12.1. The van der Waals surface area contributed by atoms with E-state index < -0.39 is 0 Å². The highest BCUT2D eigenvalue weighted by Gasteiger charge is 2.09. The molecule has 1 amide bonds. The van der Waals surface area contributed by atoms with Gasteiger partial charge in [0.2, 0.25) is 17.8 Å². The Balaban J connectivity index is 1.52. The number of carbonyl (C=O) groups is 1. The van der Waals surface area contributed by atoms with E-state index in [1.54, 1.807) is 23.9 Å². The van der Waals surface area contributed by atoms with E-state index >= 15 is 0 Å². The minimum atomic E-state index is -0.0933. The van der Waals surface area contributed by atoms with E-state index in [9.17, 15) is 4.79 Å². The first kappa shape index (κ1) is 21.9. The summed E-state index contributed by atoms with van der Waals surface area (Å²) in [5, 5.41) is 6.54. The number of nitrogens with one attached hydrogen (secondary N) is 2. The molecule has 1 heterocycles. The zero-order valence-electron chi connectivity index (χ0n) is 16.6. The lowest BCUT2D eigenvalue weighted by Crippen LogP contribution is -2.12. The van der Waals surface area contributed by atoms with Crippen LogP contribution in [0.5, 0.6) is 0 Å². The smallest absolute Gasteiger partial charge is 0.232 e. The number of amides is 1. The molecule has 0 saturated heterocycles. The Hall–Kier alpha value is -2.84. The Morgan fingerprint density at radius 3 is 2.57 bits per heavy atom. The van der Waals surface area contributed by atoms with Crippen LogP contribution < -0.4 is 16.4 Å². The molecular weight excluding hydrogens is 420 g/mol. The maximum atomic E-state index is 12.1. The van der Waals surface area contributed by atoms with Crippen LogP contribution in [-0.2, 0) is 17.0 Å². The lowest BCUT2D eigenvalue weighted by molar-refractivity contribution is -0.115. The van der Waals surface area contributed by atoms with Gasteiger partial charge in [-0.1, -0.05) is 48.9 Å². The van der Waals surface area contributed by atoms with Crippen molar-refractivity contribution in [3.05, 3.63) is 64.9 Å². The summed E-state index contributed by atoms with van der Waals surface area (Å²) in [5.41, 5.74) is 8.57. The average Bonchev–Trinajstić information content (AvgIpc) is 2.73. The second kappa shape index (κ2) is 10.8. The molecule has 0 bridgehead atoms. The normalized spacial score (nSPS) is 10.6. The number of aryl methyl sites for hydroxylation is 1. The molecule has 0 aliphatic carbocycles. The van der Waals surface area contributed by atoms with Crippen LogP contribution >= 0.6 is 23.4 Å². The third kappa shape index (κ3) is 6.33. The maximum Gasteiger partial charge on any atom is 0.232 e. The Morgan fingerprint density at radius 2 is 1.80 bits per heavy atom. The fourth-order valence-electron chi connectivity index (χ4n) is 2.73. The lowest BCUT2D eigenvalue weighted by atomic mass is 10.1. The van der Waals surface area contributed by atoms with E-state index in [4.69, 9.17) is 17.3 Å². The summed E-state index contributed by atoms with van der Waals surface area (Å²) >= 11 is 7.61. The van der Waals surface area contributed by atoms with Crippen LogP contribution in [0.15, 0.2) is 48.5 Å². The van der Waals surface area contributed by atoms with Crippen molar-refractivity contribution in [2.75, 3.05) is 22.1 Å². The van der Waals surface area contributed by atoms with Crippen LogP contribution in [0.2, 0.25) is 5.02 Å². The molecule has 0 fully saturated rings. The van der Waals surface area contributed by atoms with Gasteiger partial charge in [-0.2, -0.15) is 26.7 Å². The Morgan fingerprint density at radius 1 is 1.07 bits per heavy atom. The fourth-order valence-corrected chi connectivity index (χ4v) is 3.70. The van der Waals surface area contributed by atoms with Crippen LogP contribution in [0.4, 0.5) is 23.3 Å². The zero-order chi connectivity index (χ0) is 21.3. The number of hydrogen-bond acceptors (Lipinski definition) is 7. The summed E-state index contributed by atoms with van der Waals surface area (Å²) in [5.74, 6) is 2.18. The molecular formula is C21H23ClN6OS. The number of nitrogens with zero attached hydrogens (tertiary/aromatic N) is 3. The monoisotopic (exact) mass is 442 g/mol. The van der Waals surface area contributed by atoms with Gasteiger partial charge in [-0.25, -0.2) is 0 Å². The largest absolute Gasteiger partial charge is 0.368 e. The van der Waals surface area contributed by atoms with Crippen LogP contribution in [0.1, 0.15) is 24.7 Å². The average molecular weight is 443 g/mol. The van der Waals surface area contributed by atoms with Crippen molar-refractivity contribution in [3.8, 4) is 0 Å². The quantitative estimate of drug-likeness (QED) is 0.413. The summed E-state index contributed by atoms with van der Waals surface area (Å²) in [4.78, 5) is 24.9. The Bertz CT molecular complexity index is 1020. The third-order valence-corrected chi connectivity index (χ3v) is 5.48. The molecule has 0 saturated carbocycles. The van der Waals surface area contributed by atoms with Gasteiger partial charge in [0, 0.05) is 17.9 Å². The van der Waals surface area contributed by atoms with Crippen molar-refractivity contribution in [1.29, 1.82) is 0 Å². The number of para-hydroxylation sites is 2. The van der Waals surface area contributed by atoms with Crippen LogP contribution in [0.25, 0.3) is 0 Å². The summed E-state index contributed by atoms with van der Waals surface area (Å²) in [6.45, 7) is 2.09. The van der Waals surface area contributed by atoms with Gasteiger partial charge in [-0.15, -0.1) is 0 Å². The van der Waals surface area contributed by atoms with E-state index in [0.29, 0.717) is 40.4 Å². The fraction of sp³-hybridized carbons (Fsp3) is 0.238. The Labute approximate surface area is 184 Å². The minimum absolute atomic E-state index is 0.0933. The number of nitrogen functional groups attached to an aromatic ring is 1. The molecule has 0 spiro atoms. The van der Waals surface area contributed by atoms with Gasteiger partial charge < -0.3 is 16.4 Å². The minimum Gasteiger partial charge on any atom is -0.368 e. The molecule has 0 aliphatic heterocycles. The molecule has 0 atom stereocenters. The van der Waals surface area contributed by atoms with Gasteiger partial charge >= 0.3 is 0 Å². The molecule has 4 N–H and O–H groups in total. The topological polar surface area (TPSA) is 106 Å². The number of carbonyl (C=O) groups excluding carboxylic acids is 1. The van der Waals surface area contributed by atoms with Crippen LogP contribution in [0.3, 0.4) is 0 Å². The second-order valence-electron chi connectivity index (χ2n) is 6.40. The summed E-state index contributed by atoms with van der Waals surface area (Å²) < 4.78 is 0. The molecule has 0 aliphatic rings. The highest BCUT2D eigenvalue weighted by atomic mass is 35.5. The van der Waals surface area contributed by atoms with E-state index in [-0.39, 0.29) is 11.9 Å². The molecule has 0 radical (unpaired) electrons. The van der Waals surface area contributed by atoms with Gasteiger partial charge in [0.15, 0.2) is 0 Å². The van der Waals surface area contributed by atoms with Gasteiger partial charge in [0.05, 0.1) is 16.5 Å². The first-order chi connectivity index (χ1) is 14.5. The standard InChI is InChI=1S/C21H23ClN6OS/c1-2-14-7-3-5-9-16(14)25-21-27-18(26-20(23)28-21)13-30-12-11-19(29)24-17-10-6-4-8-15(17)22/h3-10H,2,11-13H2,1H3,(H,24,29)(H3,23,25,26,27,28). The number of rotatable bonds is 9. The van der Waals surface area contributed by atoms with Crippen molar-refractivity contribution in [2.45, 2.75) is 25.5 Å². The summed E-state index contributed by atoms with van der Waals surface area (Å²) in [6.07, 6.45) is 1.24. The van der Waals surface area contributed by atoms with Crippen molar-refractivity contribution < 1.29 is 4.79 Å². The number of thioether (sulfide) groups is 1. The molecule has 30 heavy (non-hydrogen) atoms. The van der Waals surface area contributed by atoms with Crippen molar-refractivity contribution in [3.63, 3.8) is 0 Å². The first-order valence-corrected chi connectivity index (χ1v) is 11.1. The molecule has 0 unspecified atom stereocenters.